The van der Waals surface area contributed by atoms with Crippen molar-refractivity contribution in [3.63, 3.8) is 0 Å². The molecular weight excluding hydrogens is 516 g/mol. The molecule has 34 heavy (non-hydrogen) atoms. The minimum absolute atomic E-state index is 0.0596. The van der Waals surface area contributed by atoms with Gasteiger partial charge in [-0.15, -0.1) is 11.3 Å². The van der Waals surface area contributed by atoms with E-state index in [2.05, 4.69) is 15.9 Å². The molecule has 2 amide bonds. The standard InChI is InChI=1S/C26H27BrN2O4S/c1-26(2,16-17-6-4-3-5-7-17)29(20(25(32)33)12-15-23(28)30)24(31)19-10-8-18(9-11-19)21-13-14-22(27)34-21/h3-11,13-14,20H,12,15-16H2,1-2H3,(H2,28,30)(H,32,33)/t20-/m0/s1. The van der Waals surface area contributed by atoms with Crippen molar-refractivity contribution in [3.05, 3.63) is 81.6 Å². The van der Waals surface area contributed by atoms with Crippen LogP contribution in [-0.4, -0.2) is 39.4 Å². The maximum Gasteiger partial charge on any atom is 0.326 e. The number of benzene rings is 2. The van der Waals surface area contributed by atoms with Crippen LogP contribution in [0.3, 0.4) is 0 Å². The molecule has 3 aromatic rings. The first-order valence-corrected chi connectivity index (χ1v) is 12.4. The van der Waals surface area contributed by atoms with Crippen molar-refractivity contribution < 1.29 is 19.5 Å². The fraction of sp³-hybridized carbons (Fsp3) is 0.269. The van der Waals surface area contributed by atoms with Crippen molar-refractivity contribution in [2.45, 2.75) is 44.7 Å². The van der Waals surface area contributed by atoms with Crippen molar-refractivity contribution in [1.82, 2.24) is 4.90 Å². The Morgan fingerprint density at radius 1 is 1.03 bits per heavy atom. The molecule has 0 fully saturated rings. The molecule has 0 spiro atoms. The molecule has 0 saturated heterocycles. The number of primary amides is 1. The molecule has 1 atom stereocenters. The van der Waals surface area contributed by atoms with Crippen LogP contribution < -0.4 is 5.73 Å². The number of amides is 2. The molecule has 0 aliphatic rings. The molecule has 178 valence electrons. The minimum Gasteiger partial charge on any atom is -0.480 e. The van der Waals surface area contributed by atoms with Crippen molar-refractivity contribution in [2.75, 3.05) is 0 Å². The molecule has 0 aliphatic heterocycles. The number of halogens is 1. The molecule has 3 N–H and O–H groups in total. The maximum absolute atomic E-state index is 13.8. The van der Waals surface area contributed by atoms with Gasteiger partial charge in [-0.05, 0) is 78.0 Å². The third-order valence-electron chi connectivity index (χ3n) is 5.60. The van der Waals surface area contributed by atoms with Crippen LogP contribution in [-0.2, 0) is 16.0 Å². The lowest BCUT2D eigenvalue weighted by Crippen LogP contribution is -2.57. The number of rotatable bonds is 10. The Bertz CT molecular complexity index is 1160. The summed E-state index contributed by atoms with van der Waals surface area (Å²) < 4.78 is 1.01. The van der Waals surface area contributed by atoms with E-state index >= 15 is 0 Å². The average molecular weight is 543 g/mol. The zero-order valence-electron chi connectivity index (χ0n) is 19.0. The number of hydrogen-bond acceptors (Lipinski definition) is 4. The third-order valence-corrected chi connectivity index (χ3v) is 7.27. The summed E-state index contributed by atoms with van der Waals surface area (Å²) in [4.78, 5) is 39.9. The van der Waals surface area contributed by atoms with Crippen LogP contribution in [0.4, 0.5) is 0 Å². The van der Waals surface area contributed by atoms with Crippen LogP contribution in [0.15, 0.2) is 70.5 Å². The molecule has 3 rings (SSSR count). The fourth-order valence-corrected chi connectivity index (χ4v) is 5.44. The summed E-state index contributed by atoms with van der Waals surface area (Å²) in [5.74, 6) is -2.18. The van der Waals surface area contributed by atoms with Crippen LogP contribution in [0.2, 0.25) is 0 Å². The van der Waals surface area contributed by atoms with Gasteiger partial charge in [0.05, 0.1) is 3.79 Å². The molecule has 0 bridgehead atoms. The molecule has 8 heteroatoms. The number of hydrogen-bond donors (Lipinski definition) is 2. The van der Waals surface area contributed by atoms with E-state index < -0.39 is 29.4 Å². The van der Waals surface area contributed by atoms with Crippen molar-refractivity contribution >= 4 is 45.1 Å². The summed E-state index contributed by atoms with van der Waals surface area (Å²) in [6.07, 6.45) is 0.255. The molecule has 0 saturated carbocycles. The molecular formula is C26H27BrN2O4S. The quantitative estimate of drug-likeness (QED) is 0.360. The van der Waals surface area contributed by atoms with Crippen LogP contribution in [0, 0.1) is 0 Å². The largest absolute Gasteiger partial charge is 0.480 e. The molecule has 1 heterocycles. The van der Waals surface area contributed by atoms with E-state index in [0.29, 0.717) is 12.0 Å². The second-order valence-corrected chi connectivity index (χ2v) is 11.2. The third kappa shape index (κ3) is 6.33. The Labute approximate surface area is 211 Å². The number of carboxylic acid groups (broad SMARTS) is 1. The Kier molecular flexibility index (Phi) is 8.28. The summed E-state index contributed by atoms with van der Waals surface area (Å²) in [5.41, 5.74) is 6.77. The molecule has 0 unspecified atom stereocenters. The first kappa shape index (κ1) is 25.6. The number of carbonyl (C=O) groups excluding carboxylic acids is 2. The van der Waals surface area contributed by atoms with Crippen LogP contribution in [0.25, 0.3) is 10.4 Å². The van der Waals surface area contributed by atoms with E-state index in [1.165, 1.54) is 4.90 Å². The first-order valence-electron chi connectivity index (χ1n) is 10.8. The van der Waals surface area contributed by atoms with E-state index in [-0.39, 0.29) is 12.8 Å². The van der Waals surface area contributed by atoms with Crippen LogP contribution >= 0.6 is 27.3 Å². The summed E-state index contributed by atoms with van der Waals surface area (Å²) in [6, 6.07) is 19.5. The highest BCUT2D eigenvalue weighted by molar-refractivity contribution is 9.11. The molecule has 2 aromatic carbocycles. The van der Waals surface area contributed by atoms with Gasteiger partial charge in [-0.1, -0.05) is 42.5 Å². The van der Waals surface area contributed by atoms with Gasteiger partial charge in [0, 0.05) is 22.4 Å². The van der Waals surface area contributed by atoms with Crippen molar-refractivity contribution in [3.8, 4) is 10.4 Å². The second-order valence-electron chi connectivity index (χ2n) is 8.69. The Morgan fingerprint density at radius 3 is 2.21 bits per heavy atom. The molecule has 0 radical (unpaired) electrons. The zero-order valence-corrected chi connectivity index (χ0v) is 21.4. The highest BCUT2D eigenvalue weighted by atomic mass is 79.9. The van der Waals surface area contributed by atoms with E-state index in [1.54, 1.807) is 23.5 Å². The number of nitrogens with zero attached hydrogens (tertiary/aromatic N) is 1. The van der Waals surface area contributed by atoms with Gasteiger partial charge >= 0.3 is 5.97 Å². The van der Waals surface area contributed by atoms with E-state index in [9.17, 15) is 19.5 Å². The van der Waals surface area contributed by atoms with E-state index in [0.717, 1.165) is 19.8 Å². The van der Waals surface area contributed by atoms with Gasteiger partial charge in [0.2, 0.25) is 5.91 Å². The van der Waals surface area contributed by atoms with Crippen LogP contribution in [0.1, 0.15) is 42.6 Å². The second kappa shape index (κ2) is 11.0. The van der Waals surface area contributed by atoms with E-state index in [4.69, 9.17) is 5.73 Å². The van der Waals surface area contributed by atoms with Gasteiger partial charge in [0.1, 0.15) is 6.04 Å². The summed E-state index contributed by atoms with van der Waals surface area (Å²) in [7, 11) is 0. The number of carboxylic acids is 1. The van der Waals surface area contributed by atoms with Gasteiger partial charge in [-0.3, -0.25) is 9.59 Å². The normalized spacial score (nSPS) is 12.2. The van der Waals surface area contributed by atoms with E-state index in [1.807, 2.05) is 68.4 Å². The lowest BCUT2D eigenvalue weighted by molar-refractivity contribution is -0.144. The predicted octanol–water partition coefficient (Wildman–Crippen LogP) is 5.36. The Balaban J connectivity index is 1.98. The minimum atomic E-state index is -1.20. The Morgan fingerprint density at radius 2 is 1.68 bits per heavy atom. The summed E-state index contributed by atoms with van der Waals surface area (Å²) >= 11 is 5.04. The van der Waals surface area contributed by atoms with Gasteiger partial charge < -0.3 is 15.7 Å². The van der Waals surface area contributed by atoms with Gasteiger partial charge in [-0.2, -0.15) is 0 Å². The maximum atomic E-state index is 13.8. The van der Waals surface area contributed by atoms with Gasteiger partial charge in [0.15, 0.2) is 0 Å². The zero-order chi connectivity index (χ0) is 24.9. The van der Waals surface area contributed by atoms with Crippen molar-refractivity contribution in [2.24, 2.45) is 5.73 Å². The fourth-order valence-electron chi connectivity index (χ4n) is 4.05. The van der Waals surface area contributed by atoms with Crippen LogP contribution in [0.5, 0.6) is 0 Å². The lowest BCUT2D eigenvalue weighted by atomic mass is 9.89. The first-order chi connectivity index (χ1) is 16.1. The van der Waals surface area contributed by atoms with Gasteiger partial charge in [-0.25, -0.2) is 4.79 Å². The topological polar surface area (TPSA) is 101 Å². The highest BCUT2D eigenvalue weighted by Gasteiger charge is 2.40. The lowest BCUT2D eigenvalue weighted by Gasteiger charge is -2.42. The highest BCUT2D eigenvalue weighted by Crippen LogP contribution is 2.32. The molecule has 1 aromatic heterocycles. The summed E-state index contributed by atoms with van der Waals surface area (Å²) in [6.45, 7) is 3.69. The Hall–Kier alpha value is -2.97. The van der Waals surface area contributed by atoms with Crippen molar-refractivity contribution in [1.29, 1.82) is 0 Å². The molecule has 6 nitrogen and oxygen atoms in total. The summed E-state index contributed by atoms with van der Waals surface area (Å²) in [5, 5.41) is 10.0. The monoisotopic (exact) mass is 542 g/mol. The molecule has 0 aliphatic carbocycles. The number of carbonyl (C=O) groups is 3. The SMILES string of the molecule is CC(C)(Cc1ccccc1)N(C(=O)c1ccc(-c2ccc(Br)s2)cc1)[C@@H](CCC(N)=O)C(=O)O. The number of thiophene rings is 1. The van der Waals surface area contributed by atoms with Gasteiger partial charge in [0.25, 0.3) is 5.91 Å². The predicted molar refractivity (Wildman–Crippen MR) is 138 cm³/mol. The number of aliphatic carboxylic acids is 1. The average Bonchev–Trinajstić information content (AvgIpc) is 3.22. The number of nitrogens with two attached hydrogens (primary N) is 1. The smallest absolute Gasteiger partial charge is 0.326 e.